The Labute approximate surface area is 171 Å². The van der Waals surface area contributed by atoms with E-state index in [1.807, 2.05) is 60.0 Å². The summed E-state index contributed by atoms with van der Waals surface area (Å²) in [6, 6.07) is 17.8. The maximum absolute atomic E-state index is 12.5. The average molecular weight is 410 g/mol. The van der Waals surface area contributed by atoms with Gasteiger partial charge in [-0.15, -0.1) is 11.3 Å². The largest absolute Gasteiger partial charge is 0.325 e. The van der Waals surface area contributed by atoms with Gasteiger partial charge in [-0.3, -0.25) is 14.5 Å². The molecular weight excluding hydrogens is 390 g/mol. The first-order valence-electron chi connectivity index (χ1n) is 9.05. The van der Waals surface area contributed by atoms with E-state index in [9.17, 15) is 9.59 Å². The summed E-state index contributed by atoms with van der Waals surface area (Å²) in [5, 5.41) is 5.53. The number of hydrogen-bond donors (Lipinski definition) is 1. The van der Waals surface area contributed by atoms with Crippen molar-refractivity contribution >= 4 is 45.7 Å². The zero-order valence-corrected chi connectivity index (χ0v) is 16.8. The molecule has 1 N–H and O–H groups in total. The zero-order chi connectivity index (χ0) is 19.3. The molecule has 0 saturated carbocycles. The zero-order valence-electron chi connectivity index (χ0n) is 15.1. The normalized spacial score (nSPS) is 13.7. The van der Waals surface area contributed by atoms with Gasteiger partial charge in [0, 0.05) is 28.1 Å². The molecule has 3 aromatic rings. The second kappa shape index (κ2) is 8.58. The molecule has 4 rings (SSSR count). The van der Waals surface area contributed by atoms with Gasteiger partial charge in [-0.25, -0.2) is 4.98 Å². The summed E-state index contributed by atoms with van der Waals surface area (Å²) in [6.07, 6.45) is 1.62. The number of aromatic nitrogens is 1. The van der Waals surface area contributed by atoms with Crippen LogP contribution in [0.15, 0.2) is 69.8 Å². The highest BCUT2D eigenvalue weighted by atomic mass is 32.2. The lowest BCUT2D eigenvalue weighted by Crippen LogP contribution is -2.23. The van der Waals surface area contributed by atoms with Crippen LogP contribution in [-0.4, -0.2) is 23.3 Å². The first kappa shape index (κ1) is 18.7. The highest BCUT2D eigenvalue weighted by molar-refractivity contribution is 7.99. The number of amides is 2. The molecule has 1 saturated heterocycles. The second-order valence-corrected chi connectivity index (χ2v) is 8.36. The molecule has 1 fully saturated rings. The Balaban J connectivity index is 1.42. The Morgan fingerprint density at radius 3 is 2.71 bits per heavy atom. The SMILES string of the molecule is O=C(Cc1csc(N2CCCC2=O)n1)Nc1ccccc1Sc1ccccc1. The van der Waals surface area contributed by atoms with Gasteiger partial charge in [0.15, 0.2) is 5.13 Å². The van der Waals surface area contributed by atoms with E-state index in [-0.39, 0.29) is 18.2 Å². The number of rotatable bonds is 6. The van der Waals surface area contributed by atoms with Gasteiger partial charge in [0.25, 0.3) is 0 Å². The third-order valence-electron chi connectivity index (χ3n) is 4.32. The number of carbonyl (C=O) groups is 2. The topological polar surface area (TPSA) is 62.3 Å². The van der Waals surface area contributed by atoms with Crippen molar-refractivity contribution in [3.63, 3.8) is 0 Å². The molecule has 0 aliphatic carbocycles. The number of nitrogens with one attached hydrogen (secondary N) is 1. The highest BCUT2D eigenvalue weighted by Crippen LogP contribution is 2.33. The lowest BCUT2D eigenvalue weighted by molar-refractivity contribution is -0.117. The van der Waals surface area contributed by atoms with Gasteiger partial charge in [-0.1, -0.05) is 42.1 Å². The molecule has 0 atom stereocenters. The molecule has 1 aromatic heterocycles. The maximum Gasteiger partial charge on any atom is 0.230 e. The van der Waals surface area contributed by atoms with Crippen LogP contribution in [-0.2, 0) is 16.0 Å². The van der Waals surface area contributed by atoms with Gasteiger partial charge >= 0.3 is 0 Å². The van der Waals surface area contributed by atoms with Gasteiger partial charge in [-0.2, -0.15) is 0 Å². The van der Waals surface area contributed by atoms with E-state index in [1.165, 1.54) is 11.3 Å². The summed E-state index contributed by atoms with van der Waals surface area (Å²) >= 11 is 3.02. The minimum absolute atomic E-state index is 0.109. The fourth-order valence-corrected chi connectivity index (χ4v) is 4.78. The first-order chi connectivity index (χ1) is 13.7. The lowest BCUT2D eigenvalue weighted by Gasteiger charge is -2.11. The van der Waals surface area contributed by atoms with E-state index >= 15 is 0 Å². The highest BCUT2D eigenvalue weighted by Gasteiger charge is 2.24. The summed E-state index contributed by atoms with van der Waals surface area (Å²) in [6.45, 7) is 0.710. The first-order valence-corrected chi connectivity index (χ1v) is 10.8. The molecule has 0 radical (unpaired) electrons. The molecule has 1 aliphatic rings. The lowest BCUT2D eigenvalue weighted by atomic mass is 10.3. The van der Waals surface area contributed by atoms with Crippen molar-refractivity contribution in [3.05, 3.63) is 65.7 Å². The van der Waals surface area contributed by atoms with Crippen molar-refractivity contribution in [1.29, 1.82) is 0 Å². The fourth-order valence-electron chi connectivity index (χ4n) is 2.99. The summed E-state index contributed by atoms with van der Waals surface area (Å²) in [4.78, 5) is 32.7. The summed E-state index contributed by atoms with van der Waals surface area (Å²) in [7, 11) is 0. The molecule has 7 heteroatoms. The number of para-hydroxylation sites is 1. The number of thiazole rings is 1. The molecule has 1 aliphatic heterocycles. The van der Waals surface area contributed by atoms with E-state index in [0.717, 1.165) is 21.9 Å². The smallest absolute Gasteiger partial charge is 0.230 e. The fraction of sp³-hybridized carbons (Fsp3) is 0.190. The Morgan fingerprint density at radius 2 is 1.93 bits per heavy atom. The molecule has 0 bridgehead atoms. The van der Waals surface area contributed by atoms with Gasteiger partial charge in [-0.05, 0) is 30.7 Å². The number of carbonyl (C=O) groups excluding carboxylic acids is 2. The number of nitrogens with zero attached hydrogens (tertiary/aromatic N) is 2. The molecule has 0 unspecified atom stereocenters. The van der Waals surface area contributed by atoms with Gasteiger partial charge in [0.05, 0.1) is 17.8 Å². The van der Waals surface area contributed by atoms with Crippen LogP contribution in [0.4, 0.5) is 10.8 Å². The molecule has 0 spiro atoms. The van der Waals surface area contributed by atoms with Crippen LogP contribution in [0.5, 0.6) is 0 Å². The van der Waals surface area contributed by atoms with Gasteiger partial charge in [0.2, 0.25) is 11.8 Å². The van der Waals surface area contributed by atoms with Crippen molar-refractivity contribution in [2.24, 2.45) is 0 Å². The molecule has 5 nitrogen and oxygen atoms in total. The number of hydrogen-bond acceptors (Lipinski definition) is 5. The van der Waals surface area contributed by atoms with Crippen LogP contribution in [0, 0.1) is 0 Å². The molecule has 2 heterocycles. The Bertz CT molecular complexity index is 988. The van der Waals surface area contributed by atoms with Crippen LogP contribution in [0.2, 0.25) is 0 Å². The quantitative estimate of drug-likeness (QED) is 0.646. The van der Waals surface area contributed by atoms with E-state index in [1.54, 1.807) is 16.7 Å². The number of anilines is 2. The van der Waals surface area contributed by atoms with Crippen LogP contribution < -0.4 is 10.2 Å². The number of benzene rings is 2. The van der Waals surface area contributed by atoms with Gasteiger partial charge in [0.1, 0.15) is 0 Å². The van der Waals surface area contributed by atoms with E-state index in [4.69, 9.17) is 0 Å². The molecule has 2 amide bonds. The Hall–Kier alpha value is -2.64. The molecule has 28 heavy (non-hydrogen) atoms. The predicted molar refractivity (Wildman–Crippen MR) is 113 cm³/mol. The molecule has 2 aromatic carbocycles. The van der Waals surface area contributed by atoms with Crippen LogP contribution >= 0.6 is 23.1 Å². The van der Waals surface area contributed by atoms with Crippen molar-refractivity contribution in [3.8, 4) is 0 Å². The monoisotopic (exact) mass is 409 g/mol. The molecular formula is C21H19N3O2S2. The average Bonchev–Trinajstić information content (AvgIpc) is 3.33. The summed E-state index contributed by atoms with van der Waals surface area (Å²) in [5.41, 5.74) is 1.47. The molecule has 142 valence electrons. The Kier molecular flexibility index (Phi) is 5.73. The minimum Gasteiger partial charge on any atom is -0.325 e. The summed E-state index contributed by atoms with van der Waals surface area (Å²) in [5.74, 6) is -0.0112. The van der Waals surface area contributed by atoms with E-state index in [0.29, 0.717) is 23.8 Å². The van der Waals surface area contributed by atoms with Crippen molar-refractivity contribution in [2.45, 2.75) is 29.1 Å². The van der Waals surface area contributed by atoms with Crippen LogP contribution in [0.25, 0.3) is 0 Å². The standard InChI is InChI=1S/C21H19N3O2S2/c25-19(13-15-14-27-21(22-15)24-12-6-11-20(24)26)23-17-9-4-5-10-18(17)28-16-7-2-1-3-8-16/h1-5,7-10,14H,6,11-13H2,(H,23,25). The van der Waals surface area contributed by atoms with Crippen molar-refractivity contribution in [1.82, 2.24) is 4.98 Å². The second-order valence-electron chi connectivity index (χ2n) is 6.41. The van der Waals surface area contributed by atoms with Crippen LogP contribution in [0.3, 0.4) is 0 Å². The summed E-state index contributed by atoms with van der Waals surface area (Å²) < 4.78 is 0. The maximum atomic E-state index is 12.5. The third-order valence-corrected chi connectivity index (χ3v) is 6.31. The Morgan fingerprint density at radius 1 is 1.14 bits per heavy atom. The van der Waals surface area contributed by atoms with Gasteiger partial charge < -0.3 is 5.32 Å². The third kappa shape index (κ3) is 4.43. The van der Waals surface area contributed by atoms with Crippen molar-refractivity contribution in [2.75, 3.05) is 16.8 Å². The predicted octanol–water partition coefficient (Wildman–Crippen LogP) is 4.60. The van der Waals surface area contributed by atoms with E-state index in [2.05, 4.69) is 10.3 Å². The minimum atomic E-state index is -0.120. The van der Waals surface area contributed by atoms with E-state index < -0.39 is 0 Å². The van der Waals surface area contributed by atoms with Crippen LogP contribution in [0.1, 0.15) is 18.5 Å². The van der Waals surface area contributed by atoms with Crippen molar-refractivity contribution < 1.29 is 9.59 Å².